The van der Waals surface area contributed by atoms with Gasteiger partial charge >= 0.3 is 0 Å². The van der Waals surface area contributed by atoms with Crippen LogP contribution in [-0.4, -0.2) is 55.6 Å². The Hall–Kier alpha value is -2.08. The number of phenols is 1. The van der Waals surface area contributed by atoms with Gasteiger partial charge in [0.25, 0.3) is 0 Å². The van der Waals surface area contributed by atoms with E-state index in [4.69, 9.17) is 9.47 Å². The second kappa shape index (κ2) is 7.08. The molecular formula is C15H19NO5. The maximum atomic E-state index is 12.1. The van der Waals surface area contributed by atoms with Gasteiger partial charge in [0, 0.05) is 19.5 Å². The van der Waals surface area contributed by atoms with E-state index in [2.05, 4.69) is 0 Å². The minimum absolute atomic E-state index is 0.0676. The molecule has 1 aliphatic heterocycles. The fourth-order valence-electron chi connectivity index (χ4n) is 2.30. The van der Waals surface area contributed by atoms with E-state index in [-0.39, 0.29) is 23.0 Å². The van der Waals surface area contributed by atoms with Gasteiger partial charge in [-0.25, -0.2) is 0 Å². The zero-order chi connectivity index (χ0) is 15.2. The predicted molar refractivity (Wildman–Crippen MR) is 75.8 cm³/mol. The van der Waals surface area contributed by atoms with Crippen LogP contribution in [0.2, 0.25) is 0 Å². The van der Waals surface area contributed by atoms with Crippen LogP contribution < -0.4 is 4.74 Å². The molecule has 1 aromatic rings. The summed E-state index contributed by atoms with van der Waals surface area (Å²) in [6, 6.07) is 3.23. The highest BCUT2D eigenvalue weighted by Crippen LogP contribution is 2.30. The molecule has 6 nitrogen and oxygen atoms in total. The maximum Gasteiger partial charge on any atom is 0.223 e. The van der Waals surface area contributed by atoms with E-state index >= 15 is 0 Å². The first-order valence-corrected chi connectivity index (χ1v) is 6.86. The molecule has 1 fully saturated rings. The van der Waals surface area contributed by atoms with Crippen molar-refractivity contribution in [3.05, 3.63) is 23.3 Å². The highest BCUT2D eigenvalue weighted by molar-refractivity contribution is 5.81. The third-order valence-electron chi connectivity index (χ3n) is 3.50. The number of methoxy groups -OCH3 is 1. The van der Waals surface area contributed by atoms with Gasteiger partial charge in [-0.15, -0.1) is 0 Å². The molecule has 0 unspecified atom stereocenters. The molecule has 0 saturated carbocycles. The number of aldehydes is 1. The molecule has 1 aliphatic rings. The van der Waals surface area contributed by atoms with Crippen LogP contribution in [0.25, 0.3) is 0 Å². The Morgan fingerprint density at radius 3 is 2.76 bits per heavy atom. The average molecular weight is 293 g/mol. The Bertz CT molecular complexity index is 523. The lowest BCUT2D eigenvalue weighted by molar-refractivity contribution is -0.135. The van der Waals surface area contributed by atoms with Crippen molar-refractivity contribution in [2.75, 3.05) is 33.4 Å². The minimum atomic E-state index is -0.171. The zero-order valence-corrected chi connectivity index (χ0v) is 12.0. The molecule has 1 heterocycles. The minimum Gasteiger partial charge on any atom is -0.504 e. The smallest absolute Gasteiger partial charge is 0.223 e. The van der Waals surface area contributed by atoms with Crippen LogP contribution in [0, 0.1) is 0 Å². The number of hydrogen-bond acceptors (Lipinski definition) is 5. The summed E-state index contributed by atoms with van der Waals surface area (Å²) < 4.78 is 10.2. The first-order chi connectivity index (χ1) is 10.2. The summed E-state index contributed by atoms with van der Waals surface area (Å²) in [7, 11) is 1.42. The van der Waals surface area contributed by atoms with Gasteiger partial charge in [0.2, 0.25) is 5.91 Å². The summed E-state index contributed by atoms with van der Waals surface area (Å²) in [4.78, 5) is 24.8. The molecular weight excluding hydrogens is 274 g/mol. The van der Waals surface area contributed by atoms with Crippen LogP contribution in [0.1, 0.15) is 22.3 Å². The highest BCUT2D eigenvalue weighted by Gasteiger charge is 2.17. The molecule has 0 atom stereocenters. The standard InChI is InChI=1S/C15H19NO5/c1-20-13-9-11(8-12(10-17)15(13)19)2-3-14(18)16-4-6-21-7-5-16/h8-10,19H,2-7H2,1H3. The first-order valence-electron chi connectivity index (χ1n) is 6.86. The number of carbonyl (C=O) groups excluding carboxylic acids is 2. The van der Waals surface area contributed by atoms with E-state index in [1.165, 1.54) is 7.11 Å². The van der Waals surface area contributed by atoms with Gasteiger partial charge in [0.15, 0.2) is 17.8 Å². The Balaban J connectivity index is 2.02. The number of ether oxygens (including phenoxy) is 2. The van der Waals surface area contributed by atoms with E-state index < -0.39 is 0 Å². The number of morpholine rings is 1. The summed E-state index contributed by atoms with van der Waals surface area (Å²) in [6.45, 7) is 2.40. The van der Waals surface area contributed by atoms with Crippen molar-refractivity contribution in [1.82, 2.24) is 4.90 Å². The van der Waals surface area contributed by atoms with Gasteiger partial charge in [-0.2, -0.15) is 0 Å². The summed E-state index contributed by atoms with van der Waals surface area (Å²) >= 11 is 0. The van der Waals surface area contributed by atoms with Gasteiger partial charge in [0.05, 0.1) is 25.9 Å². The van der Waals surface area contributed by atoms with Crippen molar-refractivity contribution >= 4 is 12.2 Å². The van der Waals surface area contributed by atoms with Crippen molar-refractivity contribution in [3.8, 4) is 11.5 Å². The van der Waals surface area contributed by atoms with E-state index in [9.17, 15) is 14.7 Å². The molecule has 0 radical (unpaired) electrons. The lowest BCUT2D eigenvalue weighted by Crippen LogP contribution is -2.40. The number of carbonyl (C=O) groups is 2. The average Bonchev–Trinajstić information content (AvgIpc) is 2.54. The van der Waals surface area contributed by atoms with Gasteiger partial charge < -0.3 is 19.5 Å². The monoisotopic (exact) mass is 293 g/mol. The molecule has 1 amide bonds. The molecule has 1 N–H and O–H groups in total. The van der Waals surface area contributed by atoms with E-state index in [0.29, 0.717) is 45.4 Å². The summed E-state index contributed by atoms with van der Waals surface area (Å²) in [5.41, 5.74) is 0.955. The second-order valence-electron chi connectivity index (χ2n) is 4.85. The van der Waals surface area contributed by atoms with Crippen LogP contribution in [0.3, 0.4) is 0 Å². The molecule has 0 aliphatic carbocycles. The summed E-state index contributed by atoms with van der Waals surface area (Å²) in [6.07, 6.45) is 1.42. The Kier molecular flexibility index (Phi) is 5.16. The number of phenolic OH excluding ortho intramolecular Hbond substituents is 1. The lowest BCUT2D eigenvalue weighted by atomic mass is 10.0. The molecule has 0 spiro atoms. The van der Waals surface area contributed by atoms with Crippen LogP contribution in [0.4, 0.5) is 0 Å². The van der Waals surface area contributed by atoms with Gasteiger partial charge in [-0.3, -0.25) is 9.59 Å². The van der Waals surface area contributed by atoms with Gasteiger partial charge in [-0.05, 0) is 24.1 Å². The zero-order valence-electron chi connectivity index (χ0n) is 12.0. The van der Waals surface area contributed by atoms with E-state index in [1.54, 1.807) is 17.0 Å². The van der Waals surface area contributed by atoms with Crippen LogP contribution in [0.5, 0.6) is 11.5 Å². The van der Waals surface area contributed by atoms with Crippen LogP contribution >= 0.6 is 0 Å². The van der Waals surface area contributed by atoms with Crippen LogP contribution in [0.15, 0.2) is 12.1 Å². The predicted octanol–water partition coefficient (Wildman–Crippen LogP) is 1.00. The largest absolute Gasteiger partial charge is 0.504 e. The molecule has 6 heteroatoms. The number of aromatic hydroxyl groups is 1. The third kappa shape index (κ3) is 3.72. The number of benzene rings is 1. The first kappa shape index (κ1) is 15.3. The Morgan fingerprint density at radius 2 is 2.14 bits per heavy atom. The van der Waals surface area contributed by atoms with Crippen molar-refractivity contribution in [1.29, 1.82) is 0 Å². The van der Waals surface area contributed by atoms with Gasteiger partial charge in [0.1, 0.15) is 0 Å². The number of nitrogens with zero attached hydrogens (tertiary/aromatic N) is 1. The third-order valence-corrected chi connectivity index (χ3v) is 3.50. The fraction of sp³-hybridized carbons (Fsp3) is 0.467. The summed E-state index contributed by atoms with van der Waals surface area (Å²) in [5, 5.41) is 9.75. The Labute approximate surface area is 123 Å². The molecule has 21 heavy (non-hydrogen) atoms. The van der Waals surface area contributed by atoms with Crippen LogP contribution in [-0.2, 0) is 16.0 Å². The topological polar surface area (TPSA) is 76.1 Å². The summed E-state index contributed by atoms with van der Waals surface area (Å²) in [5.74, 6) is 0.141. The van der Waals surface area contributed by atoms with Crippen molar-refractivity contribution < 1.29 is 24.2 Å². The Morgan fingerprint density at radius 1 is 1.43 bits per heavy atom. The normalized spacial score (nSPS) is 14.8. The SMILES string of the molecule is COc1cc(CCC(=O)N2CCOCC2)cc(C=O)c1O. The van der Waals surface area contributed by atoms with E-state index in [1.807, 2.05) is 0 Å². The molecule has 0 bridgehead atoms. The molecule has 2 rings (SSSR count). The van der Waals surface area contributed by atoms with E-state index in [0.717, 1.165) is 5.56 Å². The second-order valence-corrected chi connectivity index (χ2v) is 4.85. The molecule has 114 valence electrons. The quantitative estimate of drug-likeness (QED) is 0.820. The molecule has 0 aromatic heterocycles. The molecule has 1 aromatic carbocycles. The number of amides is 1. The lowest BCUT2D eigenvalue weighted by Gasteiger charge is -2.26. The number of hydrogen-bond donors (Lipinski definition) is 1. The number of rotatable bonds is 5. The highest BCUT2D eigenvalue weighted by atomic mass is 16.5. The fourth-order valence-corrected chi connectivity index (χ4v) is 2.30. The molecule has 1 saturated heterocycles. The van der Waals surface area contributed by atoms with Crippen molar-refractivity contribution in [3.63, 3.8) is 0 Å². The van der Waals surface area contributed by atoms with Crippen molar-refractivity contribution in [2.24, 2.45) is 0 Å². The maximum absolute atomic E-state index is 12.1. The van der Waals surface area contributed by atoms with Gasteiger partial charge in [-0.1, -0.05) is 0 Å². The van der Waals surface area contributed by atoms with Crippen molar-refractivity contribution in [2.45, 2.75) is 12.8 Å². The number of aryl methyl sites for hydroxylation is 1.